The Morgan fingerprint density at radius 1 is 0.643 bits per heavy atom. The summed E-state index contributed by atoms with van der Waals surface area (Å²) >= 11 is 0. The molecule has 0 saturated carbocycles. The fourth-order valence-electron chi connectivity index (χ4n) is 7.41. The quantitative estimate of drug-likeness (QED) is 0.128. The zero-order valence-electron chi connectivity index (χ0n) is 32.2. The average molecular weight is 771 g/mol. The number of amides is 4. The van der Waals surface area contributed by atoms with E-state index in [0.29, 0.717) is 50.8 Å². The van der Waals surface area contributed by atoms with E-state index in [0.717, 1.165) is 59.3 Å². The largest absolute Gasteiger partial charge is 0.453 e. The van der Waals surface area contributed by atoms with Gasteiger partial charge in [0.2, 0.25) is 11.8 Å². The fourth-order valence-corrected chi connectivity index (χ4v) is 7.41. The molecule has 4 amide bonds. The van der Waals surface area contributed by atoms with Crippen LogP contribution in [0.2, 0.25) is 0 Å². The maximum Gasteiger partial charge on any atom is 0.407 e. The van der Waals surface area contributed by atoms with Crippen molar-refractivity contribution in [2.45, 2.75) is 62.7 Å². The Kier molecular flexibility index (Phi) is 13.4. The Morgan fingerprint density at radius 3 is 1.38 bits per heavy atom. The SMILES string of the molecule is COCC[C@H](NC(=O)OC)C(=O)N1CCC[C@H]1c1ncc(-c2ccc(-c3ccc(-c4cnc([C@@H]5CCCN5C(=O)[C@H](CCOC)NC(=O)OC)[nH]4)cc3)cc2)[nH]1. The van der Waals surface area contributed by atoms with Gasteiger partial charge in [-0.05, 0) is 47.9 Å². The van der Waals surface area contributed by atoms with E-state index in [4.69, 9.17) is 18.9 Å². The topological polar surface area (TPSA) is 193 Å². The van der Waals surface area contributed by atoms with Crippen molar-refractivity contribution >= 4 is 24.0 Å². The van der Waals surface area contributed by atoms with Crippen molar-refractivity contribution in [1.29, 1.82) is 0 Å². The number of imidazole rings is 2. The summed E-state index contributed by atoms with van der Waals surface area (Å²) in [6.07, 6.45) is 6.07. The molecule has 0 radical (unpaired) electrons. The standard InChI is InChI=1S/C40H50N8O8/c1-53-21-17-29(45-39(51)55-3)37(49)47-19-5-7-33(47)35-41-23-31(43-35)27-13-9-25(10-14-27)26-11-15-28(16-12-26)32-24-42-36(44-32)34-8-6-20-48(34)38(50)30(18-22-54-2)46-40(52)56-4/h9-16,23-24,29-30,33-34H,5-8,17-22H2,1-4H3,(H,41,43)(H,42,44)(H,45,51)(H,46,52)/t29-,30-,33-,34-/m0/s1. The number of methoxy groups -OCH3 is 4. The molecule has 2 aliphatic heterocycles. The molecule has 2 aromatic heterocycles. The second-order valence-corrected chi connectivity index (χ2v) is 13.8. The molecule has 16 nitrogen and oxygen atoms in total. The third-order valence-electron chi connectivity index (χ3n) is 10.4. The lowest BCUT2D eigenvalue weighted by Gasteiger charge is -2.28. The summed E-state index contributed by atoms with van der Waals surface area (Å²) in [6.45, 7) is 1.76. The number of rotatable bonds is 15. The maximum atomic E-state index is 13.5. The number of alkyl carbamates (subject to hydrolysis) is 2. The van der Waals surface area contributed by atoms with Crippen molar-refractivity contribution in [3.8, 4) is 33.6 Å². The molecule has 16 heteroatoms. The number of carbonyl (C=O) groups excluding carboxylic acids is 4. The van der Waals surface area contributed by atoms with Gasteiger partial charge in [0.15, 0.2) is 0 Å². The minimum absolute atomic E-state index is 0.192. The molecule has 4 heterocycles. The molecular weight excluding hydrogens is 720 g/mol. The first-order chi connectivity index (χ1) is 27.2. The van der Waals surface area contributed by atoms with Crippen molar-refractivity contribution < 1.29 is 38.1 Å². The van der Waals surface area contributed by atoms with Crippen molar-refractivity contribution in [2.24, 2.45) is 0 Å². The van der Waals surface area contributed by atoms with Gasteiger partial charge in [0.25, 0.3) is 0 Å². The normalized spacial score (nSPS) is 17.7. The van der Waals surface area contributed by atoms with E-state index in [2.05, 4.69) is 54.8 Å². The van der Waals surface area contributed by atoms with Crippen LogP contribution < -0.4 is 10.6 Å². The number of benzene rings is 2. The first-order valence-corrected chi connectivity index (χ1v) is 18.8. The van der Waals surface area contributed by atoms with Crippen LogP contribution in [0.3, 0.4) is 0 Å². The number of ether oxygens (including phenoxy) is 4. The van der Waals surface area contributed by atoms with E-state index >= 15 is 0 Å². The van der Waals surface area contributed by atoms with Gasteiger partial charge in [-0.3, -0.25) is 9.59 Å². The van der Waals surface area contributed by atoms with Gasteiger partial charge < -0.3 is 49.3 Å². The summed E-state index contributed by atoms with van der Waals surface area (Å²) in [5, 5.41) is 5.29. The third-order valence-corrected chi connectivity index (χ3v) is 10.4. The fraction of sp³-hybridized carbons (Fsp3) is 0.450. The molecule has 2 saturated heterocycles. The van der Waals surface area contributed by atoms with Crippen LogP contribution in [-0.4, -0.2) is 121 Å². The maximum absolute atomic E-state index is 13.5. The highest BCUT2D eigenvalue weighted by Gasteiger charge is 2.37. The second-order valence-electron chi connectivity index (χ2n) is 13.8. The number of likely N-dealkylation sites (tertiary alicyclic amines) is 2. The van der Waals surface area contributed by atoms with E-state index in [-0.39, 0.29) is 23.9 Å². The number of nitrogens with zero attached hydrogens (tertiary/aromatic N) is 4. The summed E-state index contributed by atoms with van der Waals surface area (Å²) in [7, 11) is 5.64. The van der Waals surface area contributed by atoms with Gasteiger partial charge in [-0.1, -0.05) is 48.5 Å². The van der Waals surface area contributed by atoms with Crippen molar-refractivity contribution in [1.82, 2.24) is 40.4 Å². The summed E-state index contributed by atoms with van der Waals surface area (Å²) < 4.78 is 19.8. The lowest BCUT2D eigenvalue weighted by molar-refractivity contribution is -0.135. The number of hydrogen-bond donors (Lipinski definition) is 4. The molecule has 2 aromatic carbocycles. The van der Waals surface area contributed by atoms with Crippen molar-refractivity contribution in [2.75, 3.05) is 54.7 Å². The van der Waals surface area contributed by atoms with E-state index in [1.54, 1.807) is 36.4 Å². The van der Waals surface area contributed by atoms with Gasteiger partial charge in [0.1, 0.15) is 23.7 Å². The highest BCUT2D eigenvalue weighted by atomic mass is 16.5. The van der Waals surface area contributed by atoms with Crippen molar-refractivity contribution in [3.05, 3.63) is 72.6 Å². The van der Waals surface area contributed by atoms with Crippen LogP contribution in [0, 0.1) is 0 Å². The Morgan fingerprint density at radius 2 is 1.02 bits per heavy atom. The predicted molar refractivity (Wildman–Crippen MR) is 206 cm³/mol. The lowest BCUT2D eigenvalue weighted by atomic mass is 10.0. The Hall–Kier alpha value is -5.74. The zero-order valence-corrected chi connectivity index (χ0v) is 32.2. The van der Waals surface area contributed by atoms with Crippen molar-refractivity contribution in [3.63, 3.8) is 0 Å². The molecule has 298 valence electrons. The Labute approximate surface area is 325 Å². The van der Waals surface area contributed by atoms with Crippen LogP contribution in [0.15, 0.2) is 60.9 Å². The Bertz CT molecular complexity index is 1810. The molecule has 0 spiro atoms. The minimum atomic E-state index is -0.764. The summed E-state index contributed by atoms with van der Waals surface area (Å²) in [5.41, 5.74) is 5.69. The van der Waals surface area contributed by atoms with Gasteiger partial charge in [-0.25, -0.2) is 19.6 Å². The van der Waals surface area contributed by atoms with Crippen LogP contribution in [-0.2, 0) is 28.5 Å². The van der Waals surface area contributed by atoms with E-state index in [1.165, 1.54) is 14.2 Å². The summed E-state index contributed by atoms with van der Waals surface area (Å²) in [4.78, 5) is 70.7. The Balaban J connectivity index is 1.10. The first kappa shape index (κ1) is 39.9. The van der Waals surface area contributed by atoms with E-state index < -0.39 is 24.3 Å². The first-order valence-electron chi connectivity index (χ1n) is 18.8. The molecule has 0 aliphatic carbocycles. The summed E-state index contributed by atoms with van der Waals surface area (Å²) in [5.74, 6) is 1.01. The van der Waals surface area contributed by atoms with Crippen LogP contribution in [0.1, 0.15) is 62.3 Å². The minimum Gasteiger partial charge on any atom is -0.453 e. The van der Waals surface area contributed by atoms with Crippen LogP contribution in [0.25, 0.3) is 33.6 Å². The molecule has 4 atom stereocenters. The molecular formula is C40H50N8O8. The molecule has 0 bridgehead atoms. The molecule has 4 N–H and O–H groups in total. The van der Waals surface area contributed by atoms with E-state index in [9.17, 15) is 19.2 Å². The molecule has 6 rings (SSSR count). The monoisotopic (exact) mass is 770 g/mol. The average Bonchev–Trinajstić information content (AvgIpc) is 4.07. The lowest BCUT2D eigenvalue weighted by Crippen LogP contribution is -2.49. The smallest absolute Gasteiger partial charge is 0.407 e. The molecule has 0 unspecified atom stereocenters. The predicted octanol–water partition coefficient (Wildman–Crippen LogP) is 4.98. The van der Waals surface area contributed by atoms with Gasteiger partial charge >= 0.3 is 12.2 Å². The molecule has 2 aliphatic rings. The van der Waals surface area contributed by atoms with Crippen LogP contribution in [0.4, 0.5) is 9.59 Å². The van der Waals surface area contributed by atoms with Crippen LogP contribution in [0.5, 0.6) is 0 Å². The van der Waals surface area contributed by atoms with Gasteiger partial charge in [-0.2, -0.15) is 0 Å². The summed E-state index contributed by atoms with van der Waals surface area (Å²) in [6, 6.07) is 14.4. The number of carbonyl (C=O) groups is 4. The highest BCUT2D eigenvalue weighted by Crippen LogP contribution is 2.35. The number of aromatic nitrogens is 4. The second kappa shape index (κ2) is 18.7. The molecule has 4 aromatic rings. The van der Waals surface area contributed by atoms with Gasteiger partial charge in [0.05, 0.1) is 50.1 Å². The number of hydrogen-bond acceptors (Lipinski definition) is 10. The van der Waals surface area contributed by atoms with Gasteiger partial charge in [-0.15, -0.1) is 0 Å². The number of H-pyrrole nitrogens is 2. The third kappa shape index (κ3) is 9.20. The van der Waals surface area contributed by atoms with Crippen LogP contribution >= 0.6 is 0 Å². The molecule has 2 fully saturated rings. The number of nitrogens with one attached hydrogen (secondary N) is 4. The van der Waals surface area contributed by atoms with E-state index in [1.807, 2.05) is 24.3 Å². The molecule has 56 heavy (non-hydrogen) atoms. The van der Waals surface area contributed by atoms with Gasteiger partial charge in [0, 0.05) is 53.4 Å². The highest BCUT2D eigenvalue weighted by molar-refractivity contribution is 5.87. The number of aromatic amines is 2. The zero-order chi connectivity index (χ0) is 39.6.